The number of benzene rings is 3. The van der Waals surface area contributed by atoms with Crippen molar-refractivity contribution in [2.75, 3.05) is 17.9 Å². The molecule has 3 aromatic carbocycles. The van der Waals surface area contributed by atoms with E-state index in [1.165, 1.54) is 18.2 Å². The van der Waals surface area contributed by atoms with Crippen LogP contribution in [0.15, 0.2) is 77.7 Å². The van der Waals surface area contributed by atoms with E-state index in [1.54, 1.807) is 36.4 Å². The van der Waals surface area contributed by atoms with E-state index in [0.717, 1.165) is 0 Å². The molecule has 3 aromatic rings. The van der Waals surface area contributed by atoms with Crippen molar-refractivity contribution in [1.82, 2.24) is 5.32 Å². The molecule has 4 rings (SSSR count). The highest BCUT2D eigenvalue weighted by Gasteiger charge is 2.23. The van der Waals surface area contributed by atoms with Gasteiger partial charge in [0.15, 0.2) is 11.5 Å². The molecule has 160 valence electrons. The van der Waals surface area contributed by atoms with Crippen LogP contribution in [0.5, 0.6) is 11.5 Å². The molecule has 0 saturated carbocycles. The van der Waals surface area contributed by atoms with Crippen LogP contribution in [0.3, 0.4) is 0 Å². The van der Waals surface area contributed by atoms with Gasteiger partial charge in [0, 0.05) is 11.3 Å². The Morgan fingerprint density at radius 2 is 1.71 bits per heavy atom. The summed E-state index contributed by atoms with van der Waals surface area (Å²) in [5, 5.41) is 2.76. The number of nitrogens with one attached hydrogen (secondary N) is 2. The third kappa shape index (κ3) is 4.92. The summed E-state index contributed by atoms with van der Waals surface area (Å²) in [5.74, 6) is 0.818. The molecule has 0 radical (unpaired) electrons. The van der Waals surface area contributed by atoms with Gasteiger partial charge >= 0.3 is 0 Å². The quantitative estimate of drug-likeness (QED) is 0.587. The molecule has 0 aliphatic carbocycles. The molecule has 1 heterocycles. The summed E-state index contributed by atoms with van der Waals surface area (Å²) in [7, 11) is -3.98. The highest BCUT2D eigenvalue weighted by Crippen LogP contribution is 2.30. The maximum absolute atomic E-state index is 12.8. The van der Waals surface area contributed by atoms with Crippen LogP contribution in [0.1, 0.15) is 10.4 Å². The first-order valence-corrected chi connectivity index (χ1v) is 11.3. The summed E-state index contributed by atoms with van der Waals surface area (Å²) in [6, 6.07) is 19.8. The molecule has 0 aromatic heterocycles. The van der Waals surface area contributed by atoms with E-state index in [-0.39, 0.29) is 28.1 Å². The zero-order valence-corrected chi connectivity index (χ0v) is 17.8. The zero-order valence-electron chi connectivity index (χ0n) is 16.2. The van der Waals surface area contributed by atoms with Crippen molar-refractivity contribution in [1.29, 1.82) is 0 Å². The topological polar surface area (TPSA) is 93.7 Å². The average Bonchev–Trinajstić information content (AvgIpc) is 2.78. The van der Waals surface area contributed by atoms with Crippen LogP contribution in [0.4, 0.5) is 5.69 Å². The number of hydrogen-bond acceptors (Lipinski definition) is 5. The number of sulfonamides is 1. The Morgan fingerprint density at radius 1 is 1.00 bits per heavy atom. The third-order valence-electron chi connectivity index (χ3n) is 4.57. The van der Waals surface area contributed by atoms with Gasteiger partial charge in [0.05, 0.1) is 11.6 Å². The fraction of sp³-hybridized carbons (Fsp3) is 0.136. The molecule has 1 unspecified atom stereocenters. The molecule has 31 heavy (non-hydrogen) atoms. The first kappa shape index (κ1) is 21.0. The van der Waals surface area contributed by atoms with Gasteiger partial charge in [0.2, 0.25) is 0 Å². The number of carbonyl (C=O) groups excluding carboxylic acids is 1. The second-order valence-electron chi connectivity index (χ2n) is 6.82. The van der Waals surface area contributed by atoms with Crippen LogP contribution in [0.2, 0.25) is 5.02 Å². The van der Waals surface area contributed by atoms with E-state index in [4.69, 9.17) is 21.1 Å². The fourth-order valence-electron chi connectivity index (χ4n) is 3.04. The third-order valence-corrected chi connectivity index (χ3v) is 6.43. The Labute approximate surface area is 185 Å². The lowest BCUT2D eigenvalue weighted by Crippen LogP contribution is -2.40. The minimum atomic E-state index is -3.98. The van der Waals surface area contributed by atoms with Crippen molar-refractivity contribution < 1.29 is 22.7 Å². The van der Waals surface area contributed by atoms with Gasteiger partial charge < -0.3 is 14.8 Å². The SMILES string of the molecule is O=C(NCC1COc2ccccc2O1)c1ccc(Cl)c(S(=O)(=O)Nc2ccccc2)c1. The molecule has 1 aliphatic heterocycles. The lowest BCUT2D eigenvalue weighted by molar-refractivity contribution is 0.0789. The van der Waals surface area contributed by atoms with Crippen LogP contribution in [0.25, 0.3) is 0 Å². The van der Waals surface area contributed by atoms with Crippen molar-refractivity contribution in [2.45, 2.75) is 11.0 Å². The number of amides is 1. The van der Waals surface area contributed by atoms with Gasteiger partial charge in [0.25, 0.3) is 15.9 Å². The zero-order chi connectivity index (χ0) is 21.8. The first-order valence-electron chi connectivity index (χ1n) is 9.46. The summed E-state index contributed by atoms with van der Waals surface area (Å²) >= 11 is 6.11. The predicted molar refractivity (Wildman–Crippen MR) is 117 cm³/mol. The number of carbonyl (C=O) groups is 1. The first-order chi connectivity index (χ1) is 14.9. The van der Waals surface area contributed by atoms with Gasteiger partial charge in [-0.1, -0.05) is 41.9 Å². The molecule has 1 aliphatic rings. The minimum absolute atomic E-state index is 0.0144. The molecule has 1 atom stereocenters. The smallest absolute Gasteiger partial charge is 0.263 e. The van der Waals surface area contributed by atoms with Crippen molar-refractivity contribution in [3.05, 3.63) is 83.4 Å². The Bertz CT molecular complexity index is 1200. The molecule has 0 bridgehead atoms. The van der Waals surface area contributed by atoms with Crippen molar-refractivity contribution >= 4 is 33.2 Å². The molecule has 7 nitrogen and oxygen atoms in total. The number of fused-ring (bicyclic) bond motifs is 1. The summed E-state index contributed by atoms with van der Waals surface area (Å²) in [6.07, 6.45) is -0.367. The molecule has 0 saturated heterocycles. The maximum atomic E-state index is 12.8. The highest BCUT2D eigenvalue weighted by atomic mass is 35.5. The van der Waals surface area contributed by atoms with Gasteiger partial charge in [-0.2, -0.15) is 0 Å². The molecule has 0 spiro atoms. The molecule has 9 heteroatoms. The number of para-hydroxylation sites is 3. The summed E-state index contributed by atoms with van der Waals surface area (Å²) in [5.41, 5.74) is 0.554. The summed E-state index contributed by atoms with van der Waals surface area (Å²) < 4.78 is 39.4. The van der Waals surface area contributed by atoms with Crippen molar-refractivity contribution in [3.63, 3.8) is 0 Å². The van der Waals surface area contributed by atoms with Gasteiger partial charge in [-0.15, -0.1) is 0 Å². The van der Waals surface area contributed by atoms with E-state index >= 15 is 0 Å². The monoisotopic (exact) mass is 458 g/mol. The Morgan fingerprint density at radius 3 is 2.48 bits per heavy atom. The fourth-order valence-corrected chi connectivity index (χ4v) is 4.62. The lowest BCUT2D eigenvalue weighted by Gasteiger charge is -2.26. The molecular weight excluding hydrogens is 440 g/mol. The largest absolute Gasteiger partial charge is 0.486 e. The Kier molecular flexibility index (Phi) is 6.01. The van der Waals surface area contributed by atoms with E-state index in [9.17, 15) is 13.2 Å². The molecule has 1 amide bonds. The van der Waals surface area contributed by atoms with Crippen molar-refractivity contribution in [3.8, 4) is 11.5 Å². The van der Waals surface area contributed by atoms with Crippen LogP contribution in [-0.4, -0.2) is 33.6 Å². The van der Waals surface area contributed by atoms with Gasteiger partial charge in [0.1, 0.15) is 17.6 Å². The minimum Gasteiger partial charge on any atom is -0.486 e. The van der Waals surface area contributed by atoms with Crippen LogP contribution >= 0.6 is 11.6 Å². The number of rotatable bonds is 6. The van der Waals surface area contributed by atoms with Gasteiger partial charge in [-0.25, -0.2) is 8.42 Å². The Hall–Kier alpha value is -3.23. The predicted octanol–water partition coefficient (Wildman–Crippen LogP) is 3.71. The van der Waals surface area contributed by atoms with E-state index in [0.29, 0.717) is 23.8 Å². The standard InChI is InChI=1S/C22H19ClN2O5S/c23-18-11-10-15(12-21(18)31(27,28)25-16-6-2-1-3-7-16)22(26)24-13-17-14-29-19-8-4-5-9-20(19)30-17/h1-12,17,25H,13-14H2,(H,24,26). The maximum Gasteiger partial charge on any atom is 0.263 e. The van der Waals surface area contributed by atoms with Crippen LogP contribution < -0.4 is 19.5 Å². The average molecular weight is 459 g/mol. The second kappa shape index (κ2) is 8.87. The molecular formula is C22H19ClN2O5S. The van der Waals surface area contributed by atoms with E-state index in [2.05, 4.69) is 10.0 Å². The van der Waals surface area contributed by atoms with Crippen molar-refractivity contribution in [2.24, 2.45) is 0 Å². The van der Waals surface area contributed by atoms with Crippen LogP contribution in [0, 0.1) is 0 Å². The van der Waals surface area contributed by atoms with Gasteiger partial charge in [-0.3, -0.25) is 9.52 Å². The highest BCUT2D eigenvalue weighted by molar-refractivity contribution is 7.92. The summed E-state index contributed by atoms with van der Waals surface area (Å²) in [6.45, 7) is 0.485. The van der Waals surface area contributed by atoms with E-state index < -0.39 is 15.9 Å². The molecule has 2 N–H and O–H groups in total. The lowest BCUT2D eigenvalue weighted by atomic mass is 10.2. The number of halogens is 1. The number of ether oxygens (including phenoxy) is 2. The second-order valence-corrected chi connectivity index (χ2v) is 8.88. The van der Waals surface area contributed by atoms with Gasteiger partial charge in [-0.05, 0) is 42.5 Å². The normalized spacial score (nSPS) is 15.2. The summed E-state index contributed by atoms with van der Waals surface area (Å²) in [4.78, 5) is 12.4. The van der Waals surface area contributed by atoms with Crippen LogP contribution in [-0.2, 0) is 10.0 Å². The number of hydrogen-bond donors (Lipinski definition) is 2. The van der Waals surface area contributed by atoms with E-state index in [1.807, 2.05) is 18.2 Å². The number of anilines is 1. The Balaban J connectivity index is 1.45. The molecule has 0 fully saturated rings.